The number of nitrogens with zero attached hydrogens (tertiary/aromatic N) is 1. The second kappa shape index (κ2) is 6.84. The highest BCUT2D eigenvalue weighted by atomic mass is 19.1. The number of anilines is 1. The van der Waals surface area contributed by atoms with Crippen molar-refractivity contribution in [2.24, 2.45) is 11.8 Å². The van der Waals surface area contributed by atoms with Gasteiger partial charge in [0, 0.05) is 31.7 Å². The van der Waals surface area contributed by atoms with Crippen molar-refractivity contribution in [1.29, 1.82) is 0 Å². The summed E-state index contributed by atoms with van der Waals surface area (Å²) >= 11 is 0. The van der Waals surface area contributed by atoms with Gasteiger partial charge in [0.05, 0.1) is 0 Å². The summed E-state index contributed by atoms with van der Waals surface area (Å²) in [5.41, 5.74) is 0.524. The minimum atomic E-state index is -0.332. The monoisotopic (exact) mass is 278 g/mol. The lowest BCUT2D eigenvalue weighted by Crippen LogP contribution is -2.40. The number of hydrogen-bond donors (Lipinski definition) is 1. The molecule has 1 N–H and O–H groups in total. The van der Waals surface area contributed by atoms with Crippen LogP contribution in [0.1, 0.15) is 26.7 Å². The first-order chi connectivity index (χ1) is 9.52. The van der Waals surface area contributed by atoms with E-state index in [1.165, 1.54) is 18.6 Å². The molecule has 1 aliphatic heterocycles. The fraction of sp³-hybridized carbons (Fsp3) is 0.562. The summed E-state index contributed by atoms with van der Waals surface area (Å²) in [5, 5.41) is 2.74. The number of halogens is 1. The maximum Gasteiger partial charge on any atom is 0.225 e. The van der Waals surface area contributed by atoms with Crippen molar-refractivity contribution in [1.82, 2.24) is 4.90 Å². The van der Waals surface area contributed by atoms with Crippen molar-refractivity contribution < 1.29 is 9.18 Å². The largest absolute Gasteiger partial charge is 0.326 e. The summed E-state index contributed by atoms with van der Waals surface area (Å²) < 4.78 is 13.0. The van der Waals surface area contributed by atoms with E-state index in [0.717, 1.165) is 19.6 Å². The average Bonchev–Trinajstić information content (AvgIpc) is 2.35. The number of rotatable bonds is 4. The van der Waals surface area contributed by atoms with Gasteiger partial charge in [-0.3, -0.25) is 4.79 Å². The highest BCUT2D eigenvalue weighted by Crippen LogP contribution is 2.21. The number of nitrogens with one attached hydrogen (secondary N) is 1. The molecule has 0 radical (unpaired) electrons. The van der Waals surface area contributed by atoms with Gasteiger partial charge >= 0.3 is 0 Å². The molecule has 4 heteroatoms. The zero-order valence-electron chi connectivity index (χ0n) is 12.2. The van der Waals surface area contributed by atoms with Gasteiger partial charge in [-0.05, 0) is 36.5 Å². The summed E-state index contributed by atoms with van der Waals surface area (Å²) in [4.78, 5) is 14.2. The molecule has 3 nitrogen and oxygen atoms in total. The fourth-order valence-corrected chi connectivity index (χ4v) is 3.02. The van der Waals surface area contributed by atoms with Crippen LogP contribution in [0.5, 0.6) is 0 Å². The molecule has 1 saturated heterocycles. The quantitative estimate of drug-likeness (QED) is 0.917. The van der Waals surface area contributed by atoms with Gasteiger partial charge in [0.15, 0.2) is 0 Å². The standard InChI is InChI=1S/C16H23FN2O/c1-12-8-13(2)11-19(10-12)7-6-16(20)18-15-5-3-4-14(17)9-15/h3-5,9,12-13H,6-8,10-11H2,1-2H3,(H,18,20)/t12-,13-/m0/s1. The molecule has 0 bridgehead atoms. The van der Waals surface area contributed by atoms with Gasteiger partial charge < -0.3 is 10.2 Å². The fourth-order valence-electron chi connectivity index (χ4n) is 3.02. The maximum absolute atomic E-state index is 13.0. The van der Waals surface area contributed by atoms with Crippen LogP contribution in [-0.4, -0.2) is 30.4 Å². The van der Waals surface area contributed by atoms with E-state index < -0.39 is 0 Å². The predicted molar refractivity (Wildman–Crippen MR) is 79.0 cm³/mol. The Balaban J connectivity index is 1.77. The first-order valence-corrected chi connectivity index (χ1v) is 7.30. The Labute approximate surface area is 120 Å². The summed E-state index contributed by atoms with van der Waals surface area (Å²) in [6.45, 7) is 7.43. The molecule has 110 valence electrons. The number of likely N-dealkylation sites (tertiary alicyclic amines) is 1. The van der Waals surface area contributed by atoms with Gasteiger partial charge in [-0.1, -0.05) is 19.9 Å². The van der Waals surface area contributed by atoms with Crippen LogP contribution in [0.3, 0.4) is 0 Å². The SMILES string of the molecule is C[C@H]1C[C@H](C)CN(CCC(=O)Nc2cccc(F)c2)C1. The molecule has 0 aromatic heterocycles. The molecular weight excluding hydrogens is 255 g/mol. The van der Waals surface area contributed by atoms with Gasteiger partial charge in [-0.25, -0.2) is 4.39 Å². The van der Waals surface area contributed by atoms with Gasteiger partial charge in [0.25, 0.3) is 0 Å². The lowest BCUT2D eigenvalue weighted by molar-refractivity contribution is -0.116. The van der Waals surface area contributed by atoms with Crippen LogP contribution < -0.4 is 5.32 Å². The van der Waals surface area contributed by atoms with Crippen LogP contribution in [0.25, 0.3) is 0 Å². The van der Waals surface area contributed by atoms with Crippen molar-refractivity contribution in [3.63, 3.8) is 0 Å². The van der Waals surface area contributed by atoms with Crippen molar-refractivity contribution in [3.8, 4) is 0 Å². The van der Waals surface area contributed by atoms with Gasteiger partial charge in [-0.2, -0.15) is 0 Å². The van der Waals surface area contributed by atoms with Crippen LogP contribution >= 0.6 is 0 Å². The minimum absolute atomic E-state index is 0.0542. The molecule has 2 rings (SSSR count). The van der Waals surface area contributed by atoms with E-state index in [9.17, 15) is 9.18 Å². The second-order valence-corrected chi connectivity index (χ2v) is 6.01. The Hall–Kier alpha value is -1.42. The maximum atomic E-state index is 13.0. The number of hydrogen-bond acceptors (Lipinski definition) is 2. The third-order valence-corrected chi connectivity index (χ3v) is 3.71. The number of benzene rings is 1. The number of carbonyl (C=O) groups is 1. The van der Waals surface area contributed by atoms with Crippen LogP contribution in [0.4, 0.5) is 10.1 Å². The van der Waals surface area contributed by atoms with Crippen LogP contribution in [-0.2, 0) is 4.79 Å². The van der Waals surface area contributed by atoms with Crippen LogP contribution in [0.2, 0.25) is 0 Å². The smallest absolute Gasteiger partial charge is 0.225 e. The minimum Gasteiger partial charge on any atom is -0.326 e. The molecule has 0 spiro atoms. The number of piperidine rings is 1. The van der Waals surface area contributed by atoms with Crippen molar-refractivity contribution >= 4 is 11.6 Å². The van der Waals surface area contributed by atoms with Crippen LogP contribution in [0.15, 0.2) is 24.3 Å². The lowest BCUT2D eigenvalue weighted by atomic mass is 9.92. The molecular formula is C16H23FN2O. The first kappa shape index (κ1) is 15.0. The Bertz CT molecular complexity index is 454. The Morgan fingerprint density at radius 3 is 2.70 bits per heavy atom. The molecule has 0 unspecified atom stereocenters. The Morgan fingerprint density at radius 2 is 2.05 bits per heavy atom. The van der Waals surface area contributed by atoms with E-state index in [0.29, 0.717) is 23.9 Å². The zero-order chi connectivity index (χ0) is 14.5. The van der Waals surface area contributed by atoms with E-state index in [4.69, 9.17) is 0 Å². The molecule has 1 aromatic carbocycles. The summed E-state index contributed by atoms with van der Waals surface area (Å²) in [5.74, 6) is 1.01. The number of carbonyl (C=O) groups excluding carboxylic acids is 1. The molecule has 1 heterocycles. The average molecular weight is 278 g/mol. The van der Waals surface area contributed by atoms with Gasteiger partial charge in [0.1, 0.15) is 5.82 Å². The Kier molecular flexibility index (Phi) is 5.12. The summed E-state index contributed by atoms with van der Waals surface area (Å²) in [6, 6.07) is 6.00. The van der Waals surface area contributed by atoms with Gasteiger partial charge in [0.2, 0.25) is 5.91 Å². The molecule has 1 aliphatic rings. The Morgan fingerprint density at radius 1 is 1.35 bits per heavy atom. The van der Waals surface area contributed by atoms with E-state index >= 15 is 0 Å². The normalized spacial score (nSPS) is 23.6. The number of amides is 1. The van der Waals surface area contributed by atoms with E-state index in [1.807, 2.05) is 0 Å². The summed E-state index contributed by atoms with van der Waals surface area (Å²) in [6.07, 6.45) is 1.72. The van der Waals surface area contributed by atoms with E-state index in [2.05, 4.69) is 24.1 Å². The van der Waals surface area contributed by atoms with Crippen molar-refractivity contribution in [3.05, 3.63) is 30.1 Å². The second-order valence-electron chi connectivity index (χ2n) is 6.01. The van der Waals surface area contributed by atoms with Crippen molar-refractivity contribution in [2.45, 2.75) is 26.7 Å². The highest BCUT2D eigenvalue weighted by Gasteiger charge is 2.21. The van der Waals surface area contributed by atoms with E-state index in [1.54, 1.807) is 12.1 Å². The zero-order valence-corrected chi connectivity index (χ0v) is 12.2. The molecule has 0 saturated carbocycles. The molecule has 1 fully saturated rings. The topological polar surface area (TPSA) is 32.3 Å². The van der Waals surface area contributed by atoms with Gasteiger partial charge in [-0.15, -0.1) is 0 Å². The van der Waals surface area contributed by atoms with E-state index in [-0.39, 0.29) is 11.7 Å². The molecule has 2 atom stereocenters. The van der Waals surface area contributed by atoms with Crippen molar-refractivity contribution in [2.75, 3.05) is 25.0 Å². The third-order valence-electron chi connectivity index (χ3n) is 3.71. The molecule has 1 aromatic rings. The third kappa shape index (κ3) is 4.60. The molecule has 0 aliphatic carbocycles. The molecule has 1 amide bonds. The lowest BCUT2D eigenvalue weighted by Gasteiger charge is -2.34. The predicted octanol–water partition coefficient (Wildman–Crippen LogP) is 3.13. The summed E-state index contributed by atoms with van der Waals surface area (Å²) in [7, 11) is 0. The first-order valence-electron chi connectivity index (χ1n) is 7.30. The molecule has 20 heavy (non-hydrogen) atoms. The highest BCUT2D eigenvalue weighted by molar-refractivity contribution is 5.90. The van der Waals surface area contributed by atoms with Crippen LogP contribution in [0, 0.1) is 17.7 Å².